The molecule has 23 heteroatoms. The Bertz CT molecular complexity index is 3110. The SMILES string of the molecule is Brc1ccc(Br)nc1.C.CC(C)(C)OC(=O)Nc1ccc(B(O)O)c2ccccc12.CNCCCOC.COCCCN(C)c1ccc(-c2ccc(N)c3ccccc23)cn1.COCCCN(C)c1ccc(Br)cn1.COCCCN(C)c1ccc(Br)cn1. The summed E-state index contributed by atoms with van der Waals surface area (Å²) in [5.74, 6) is 2.95. The number of halogens is 4. The Balaban J connectivity index is 0.000000381. The number of amides is 1. The standard InChI is InChI=1S/C20H23N3O.C15H18BNO4.2C10H15BrN2O.C5H3Br2N.C5H13NO.CH4/c1-23(12-5-13-24-2)20-11-8-15(14-22-20)16-9-10-19(21)18-7-4-3-6-17(16)18;1-15(2,3)21-14(18)17-13-9-8-12(16(19)20)10-6-4-5-7-11(10)13;2*1-13(6-3-7-14-2)10-5-4-9(11)8-12-10;6-4-1-2-5(7)8-3-4;1-6-4-3-5-7-2;/h3-4,6-11,14H,5,12-13,21H2,1-2H3;4-9,19-20H,1-3H3,(H,17,18);2*4-5,8H,3,6-7H2,1-2H3;1-3H;6H,3-5H2,1-2H3;1H4. The van der Waals surface area contributed by atoms with Crippen molar-refractivity contribution in [1.82, 2.24) is 25.3 Å². The number of aromatic nitrogens is 4. The van der Waals surface area contributed by atoms with Crippen LogP contribution in [-0.4, -0.2) is 158 Å². The smallest absolute Gasteiger partial charge is 0.444 e. The summed E-state index contributed by atoms with van der Waals surface area (Å²) < 4.78 is 29.0. The number of methoxy groups -OCH3 is 4. The first-order chi connectivity index (χ1) is 42.2. The van der Waals surface area contributed by atoms with Crippen molar-refractivity contribution in [1.29, 1.82) is 0 Å². The number of nitrogens with one attached hydrogen (secondary N) is 2. The predicted octanol–water partition coefficient (Wildman–Crippen LogP) is 13.9. The predicted molar refractivity (Wildman–Crippen MR) is 385 cm³/mol. The fourth-order valence-corrected chi connectivity index (χ4v) is 8.97. The van der Waals surface area contributed by atoms with Crippen LogP contribution in [0.25, 0.3) is 32.7 Å². The lowest BCUT2D eigenvalue weighted by Gasteiger charge is -2.20. The van der Waals surface area contributed by atoms with E-state index in [1.807, 2.05) is 100 Å². The van der Waals surface area contributed by atoms with Crippen molar-refractivity contribution in [2.45, 2.75) is 59.5 Å². The summed E-state index contributed by atoms with van der Waals surface area (Å²) in [6.07, 6.45) is 10.9. The molecule has 8 aromatic rings. The van der Waals surface area contributed by atoms with Crippen LogP contribution in [0.2, 0.25) is 0 Å². The molecule has 0 aliphatic carbocycles. The van der Waals surface area contributed by atoms with Crippen molar-refractivity contribution in [3.8, 4) is 11.1 Å². The summed E-state index contributed by atoms with van der Waals surface area (Å²) >= 11 is 13.2. The number of nitrogen functional groups attached to an aromatic ring is 1. The van der Waals surface area contributed by atoms with Gasteiger partial charge in [0.05, 0.1) is 5.69 Å². The van der Waals surface area contributed by atoms with Gasteiger partial charge in [-0.1, -0.05) is 68.1 Å². The number of fused-ring (bicyclic) bond motifs is 2. The van der Waals surface area contributed by atoms with Crippen LogP contribution in [0, 0.1) is 0 Å². The number of nitrogens with two attached hydrogens (primary N) is 1. The van der Waals surface area contributed by atoms with Crippen molar-refractivity contribution < 1.29 is 38.5 Å². The van der Waals surface area contributed by atoms with Crippen LogP contribution in [0.15, 0.2) is 164 Å². The summed E-state index contributed by atoms with van der Waals surface area (Å²) in [6, 6.07) is 38.6. The Hall–Kier alpha value is -5.83. The zero-order valence-electron chi connectivity index (χ0n) is 52.5. The number of carbonyl (C=O) groups excluding carboxylic acids is 1. The molecule has 0 fully saturated rings. The molecule has 0 saturated heterocycles. The molecule has 0 radical (unpaired) electrons. The van der Waals surface area contributed by atoms with Crippen LogP contribution in [0.4, 0.5) is 33.6 Å². The third kappa shape index (κ3) is 31.2. The lowest BCUT2D eigenvalue weighted by Crippen LogP contribution is -2.31. The highest BCUT2D eigenvalue weighted by molar-refractivity contribution is 9.11. The highest BCUT2D eigenvalue weighted by Gasteiger charge is 2.20. The molecule has 0 spiro atoms. The molecule has 4 heterocycles. The van der Waals surface area contributed by atoms with Crippen molar-refractivity contribution >= 4 is 133 Å². The summed E-state index contributed by atoms with van der Waals surface area (Å²) in [4.78, 5) is 35.4. The van der Waals surface area contributed by atoms with Gasteiger partial charge in [-0.05, 0) is 206 Å². The van der Waals surface area contributed by atoms with Gasteiger partial charge in [-0.25, -0.2) is 24.7 Å². The summed E-state index contributed by atoms with van der Waals surface area (Å²) in [6.45, 7) is 12.5. The van der Waals surface area contributed by atoms with E-state index in [1.54, 1.807) is 85.7 Å². The maximum atomic E-state index is 11.9. The van der Waals surface area contributed by atoms with Gasteiger partial charge in [0.25, 0.3) is 0 Å². The van der Waals surface area contributed by atoms with E-state index in [0.29, 0.717) is 21.9 Å². The summed E-state index contributed by atoms with van der Waals surface area (Å²) in [5, 5.41) is 28.1. The molecule has 0 unspecified atom stereocenters. The quantitative estimate of drug-likeness (QED) is 0.0185. The molecule has 484 valence electrons. The Labute approximate surface area is 562 Å². The molecule has 0 bridgehead atoms. The van der Waals surface area contributed by atoms with Gasteiger partial charge < -0.3 is 59.5 Å². The number of benzene rings is 4. The molecule has 8 rings (SSSR count). The van der Waals surface area contributed by atoms with E-state index < -0.39 is 18.8 Å². The van der Waals surface area contributed by atoms with Crippen LogP contribution in [-0.2, 0) is 23.7 Å². The number of hydrogen-bond acceptors (Lipinski definition) is 17. The normalized spacial score (nSPS) is 10.4. The number of ether oxygens (including phenoxy) is 5. The van der Waals surface area contributed by atoms with E-state index in [4.69, 9.17) is 29.4 Å². The first-order valence-electron chi connectivity index (χ1n) is 28.5. The van der Waals surface area contributed by atoms with Gasteiger partial charge in [0, 0.05) is 156 Å². The number of rotatable bonds is 22. The van der Waals surface area contributed by atoms with Gasteiger partial charge in [0.1, 0.15) is 27.7 Å². The average molecular weight is 1480 g/mol. The molecule has 6 N–H and O–H groups in total. The maximum Gasteiger partial charge on any atom is 0.489 e. The number of pyridine rings is 4. The number of carbonyl (C=O) groups is 1. The highest BCUT2D eigenvalue weighted by atomic mass is 79.9. The Morgan fingerprint density at radius 3 is 1.39 bits per heavy atom. The van der Waals surface area contributed by atoms with Crippen LogP contribution in [0.5, 0.6) is 0 Å². The molecule has 4 aromatic carbocycles. The topological polar surface area (TPSA) is 215 Å². The molecule has 18 nitrogen and oxygen atoms in total. The second kappa shape index (κ2) is 44.6. The second-order valence-corrected chi connectivity index (χ2v) is 24.2. The lowest BCUT2D eigenvalue weighted by molar-refractivity contribution is 0.0636. The minimum atomic E-state index is -1.56. The van der Waals surface area contributed by atoms with Crippen molar-refractivity contribution in [3.63, 3.8) is 0 Å². The molecule has 1 amide bonds. The van der Waals surface area contributed by atoms with Crippen LogP contribution >= 0.6 is 63.7 Å². The minimum absolute atomic E-state index is 0. The third-order valence-corrected chi connectivity index (χ3v) is 14.4. The molecule has 89 heavy (non-hydrogen) atoms. The maximum absolute atomic E-state index is 11.9. The van der Waals surface area contributed by atoms with Gasteiger partial charge in [0.2, 0.25) is 0 Å². The first kappa shape index (κ1) is 79.3. The van der Waals surface area contributed by atoms with Crippen molar-refractivity contribution in [2.75, 3.05) is 135 Å². The Kier molecular flexibility index (Phi) is 39.7. The Morgan fingerprint density at radius 1 is 0.551 bits per heavy atom. The van der Waals surface area contributed by atoms with E-state index in [1.165, 1.54) is 0 Å². The van der Waals surface area contributed by atoms with E-state index in [0.717, 1.165) is 141 Å². The van der Waals surface area contributed by atoms with Crippen molar-refractivity contribution in [2.24, 2.45) is 0 Å². The zero-order valence-corrected chi connectivity index (χ0v) is 58.8. The largest absolute Gasteiger partial charge is 0.489 e. The van der Waals surface area contributed by atoms with Gasteiger partial charge in [-0.3, -0.25) is 5.32 Å². The number of hydrogen-bond donors (Lipinski definition) is 5. The second-order valence-electron chi connectivity index (χ2n) is 20.6. The molecular formula is C66H91BBr4N10O8. The van der Waals surface area contributed by atoms with E-state index in [-0.39, 0.29) is 7.43 Å². The molecule has 0 aliphatic rings. The van der Waals surface area contributed by atoms with Crippen LogP contribution in [0.1, 0.15) is 53.9 Å². The van der Waals surface area contributed by atoms with Gasteiger partial charge in [0.15, 0.2) is 0 Å². The van der Waals surface area contributed by atoms with Gasteiger partial charge >= 0.3 is 13.2 Å². The van der Waals surface area contributed by atoms with Crippen LogP contribution in [0.3, 0.4) is 0 Å². The average Bonchev–Trinajstić information content (AvgIpc) is 1.41. The van der Waals surface area contributed by atoms with E-state index in [2.05, 4.69) is 146 Å². The fraction of sp³-hybridized carbons (Fsp3) is 0.379. The highest BCUT2D eigenvalue weighted by Crippen LogP contribution is 2.32. The Morgan fingerprint density at radius 2 is 0.989 bits per heavy atom. The molecule has 0 saturated carbocycles. The number of nitrogens with zero attached hydrogens (tertiary/aromatic N) is 7. The summed E-state index contributed by atoms with van der Waals surface area (Å²) in [5.41, 5.74) is 9.51. The van der Waals surface area contributed by atoms with Crippen molar-refractivity contribution in [3.05, 3.63) is 164 Å². The molecule has 0 aliphatic heterocycles. The monoisotopic (exact) mass is 1480 g/mol. The minimum Gasteiger partial charge on any atom is -0.444 e. The van der Waals surface area contributed by atoms with Crippen LogP contribution < -0.4 is 36.5 Å². The van der Waals surface area contributed by atoms with E-state index in [9.17, 15) is 14.8 Å². The molecule has 4 aromatic heterocycles. The third-order valence-electron chi connectivity index (χ3n) is 12.5. The van der Waals surface area contributed by atoms with Gasteiger partial charge in [-0.15, -0.1) is 0 Å². The first-order valence-corrected chi connectivity index (χ1v) is 31.7. The molecule has 0 atom stereocenters. The zero-order chi connectivity index (χ0) is 64.9. The lowest BCUT2D eigenvalue weighted by atomic mass is 9.77. The number of anilines is 5. The molecular weight excluding hydrogens is 1390 g/mol. The van der Waals surface area contributed by atoms with Gasteiger partial charge in [-0.2, -0.15) is 0 Å². The van der Waals surface area contributed by atoms with E-state index >= 15 is 0 Å². The summed E-state index contributed by atoms with van der Waals surface area (Å²) in [7, 11) is 13.4. The fourth-order valence-electron chi connectivity index (χ4n) is 8.04.